The van der Waals surface area contributed by atoms with E-state index in [-0.39, 0.29) is 6.17 Å². The third-order valence-electron chi connectivity index (χ3n) is 2.70. The molecule has 3 nitrogen and oxygen atoms in total. The van der Waals surface area contributed by atoms with E-state index in [0.717, 1.165) is 36.5 Å². The number of nitrogens with zero attached hydrogens (tertiary/aromatic N) is 2. The van der Waals surface area contributed by atoms with Crippen molar-refractivity contribution in [2.45, 2.75) is 67.0 Å². The molecule has 0 amide bonds. The molecule has 0 saturated carbocycles. The maximum Gasteiger partial charge on any atom is 0.125 e. The number of rotatable bonds is 8. The van der Waals surface area contributed by atoms with Gasteiger partial charge >= 0.3 is 0 Å². The minimum absolute atomic E-state index is 0.00567. The topological polar surface area (TPSA) is 36.8 Å². The molecule has 0 bridgehead atoms. The molecule has 0 aliphatic heterocycles. The highest BCUT2D eigenvalue weighted by Gasteiger charge is 2.03. The van der Waals surface area contributed by atoms with E-state index in [4.69, 9.17) is 0 Å². The minimum atomic E-state index is 0.00567. The average molecular weight is 277 g/mol. The monoisotopic (exact) mass is 277 g/mol. The molecule has 0 spiro atoms. The molecule has 0 aromatic carbocycles. The van der Waals surface area contributed by atoms with E-state index in [1.165, 1.54) is 0 Å². The maximum absolute atomic E-state index is 4.64. The van der Waals surface area contributed by atoms with Crippen LogP contribution in [0.5, 0.6) is 0 Å². The molecule has 114 valence electrons. The Kier molecular flexibility index (Phi) is 9.69. The summed E-state index contributed by atoms with van der Waals surface area (Å²) >= 11 is 0. The van der Waals surface area contributed by atoms with Crippen LogP contribution < -0.4 is 5.32 Å². The fourth-order valence-corrected chi connectivity index (χ4v) is 1.87. The molecule has 1 atom stereocenters. The number of hydrogen-bond donors (Lipinski definition) is 1. The summed E-state index contributed by atoms with van der Waals surface area (Å²) in [6.45, 7) is 16.5. The standard InChI is InChI=1S/C17H31N3/c1-8-11-14(6)18-17(10-3)20-15(7)19-16(9-2)12-13(4)5/h9,12-13,15,19H,2,8,10-11H2,1,3-7H3/b16-12+,18-14?,20-17-. The zero-order valence-corrected chi connectivity index (χ0v) is 14.0. The predicted octanol–water partition coefficient (Wildman–Crippen LogP) is 4.72. The third-order valence-corrected chi connectivity index (χ3v) is 2.70. The van der Waals surface area contributed by atoms with Crippen molar-refractivity contribution in [1.82, 2.24) is 5.32 Å². The summed E-state index contributed by atoms with van der Waals surface area (Å²) < 4.78 is 0. The van der Waals surface area contributed by atoms with Crippen LogP contribution >= 0.6 is 0 Å². The fourth-order valence-electron chi connectivity index (χ4n) is 1.87. The van der Waals surface area contributed by atoms with Crippen molar-refractivity contribution in [3.8, 4) is 0 Å². The second kappa shape index (κ2) is 10.4. The van der Waals surface area contributed by atoms with Crippen molar-refractivity contribution in [1.29, 1.82) is 0 Å². The lowest BCUT2D eigenvalue weighted by Crippen LogP contribution is -2.24. The van der Waals surface area contributed by atoms with Gasteiger partial charge in [0.05, 0.1) is 0 Å². The Labute approximate surface area is 125 Å². The van der Waals surface area contributed by atoms with Crippen LogP contribution in [0.3, 0.4) is 0 Å². The van der Waals surface area contributed by atoms with Gasteiger partial charge in [-0.25, -0.2) is 9.98 Å². The zero-order chi connectivity index (χ0) is 15.5. The highest BCUT2D eigenvalue weighted by molar-refractivity contribution is 5.96. The van der Waals surface area contributed by atoms with Crippen molar-refractivity contribution >= 4 is 11.5 Å². The first-order valence-corrected chi connectivity index (χ1v) is 7.64. The lowest BCUT2D eigenvalue weighted by molar-refractivity contribution is 0.643. The molecule has 3 heteroatoms. The number of amidine groups is 1. The van der Waals surface area contributed by atoms with Crippen molar-refractivity contribution in [2.75, 3.05) is 0 Å². The molecule has 0 heterocycles. The Hall–Kier alpha value is -1.38. The third kappa shape index (κ3) is 8.68. The Morgan fingerprint density at radius 3 is 2.35 bits per heavy atom. The minimum Gasteiger partial charge on any atom is -0.364 e. The van der Waals surface area contributed by atoms with Gasteiger partial charge in [0.15, 0.2) is 0 Å². The van der Waals surface area contributed by atoms with Gasteiger partial charge in [0.1, 0.15) is 12.0 Å². The van der Waals surface area contributed by atoms with Crippen LogP contribution in [0.15, 0.2) is 34.4 Å². The van der Waals surface area contributed by atoms with Gasteiger partial charge in [-0.15, -0.1) is 0 Å². The molecular weight excluding hydrogens is 246 g/mol. The summed E-state index contributed by atoms with van der Waals surface area (Å²) in [6, 6.07) is 0. The predicted molar refractivity (Wildman–Crippen MR) is 91.5 cm³/mol. The van der Waals surface area contributed by atoms with E-state index in [2.05, 4.69) is 62.6 Å². The number of nitrogens with one attached hydrogen (secondary N) is 1. The molecule has 20 heavy (non-hydrogen) atoms. The molecule has 1 N–H and O–H groups in total. The summed E-state index contributed by atoms with van der Waals surface area (Å²) in [6.07, 6.45) is 7.00. The van der Waals surface area contributed by atoms with Gasteiger partial charge in [-0.3, -0.25) is 0 Å². The van der Waals surface area contributed by atoms with E-state index in [1.54, 1.807) is 0 Å². The van der Waals surface area contributed by atoms with E-state index in [0.29, 0.717) is 5.92 Å². The summed E-state index contributed by atoms with van der Waals surface area (Å²) in [7, 11) is 0. The first-order chi connectivity index (χ1) is 9.42. The summed E-state index contributed by atoms with van der Waals surface area (Å²) in [4.78, 5) is 9.24. The van der Waals surface area contributed by atoms with Crippen LogP contribution in [0.1, 0.15) is 60.8 Å². The van der Waals surface area contributed by atoms with Crippen LogP contribution in [-0.2, 0) is 0 Å². The molecule has 0 radical (unpaired) electrons. The second-order valence-corrected chi connectivity index (χ2v) is 5.39. The summed E-state index contributed by atoms with van der Waals surface area (Å²) in [5, 5.41) is 3.35. The molecular formula is C17H31N3. The smallest absolute Gasteiger partial charge is 0.125 e. The van der Waals surface area contributed by atoms with Crippen molar-refractivity contribution in [3.63, 3.8) is 0 Å². The highest BCUT2D eigenvalue weighted by Crippen LogP contribution is 2.04. The van der Waals surface area contributed by atoms with Gasteiger partial charge in [0.2, 0.25) is 0 Å². The van der Waals surface area contributed by atoms with Crippen LogP contribution in [0.25, 0.3) is 0 Å². The van der Waals surface area contributed by atoms with E-state index in [9.17, 15) is 0 Å². The van der Waals surface area contributed by atoms with E-state index >= 15 is 0 Å². The normalized spacial score (nSPS) is 15.4. The molecule has 0 aliphatic rings. The number of aliphatic imine (C=N–C) groups is 2. The van der Waals surface area contributed by atoms with Crippen molar-refractivity contribution < 1.29 is 0 Å². The maximum atomic E-state index is 4.64. The van der Waals surface area contributed by atoms with Crippen LogP contribution in [0.4, 0.5) is 0 Å². The van der Waals surface area contributed by atoms with Crippen molar-refractivity contribution in [3.05, 3.63) is 24.4 Å². The van der Waals surface area contributed by atoms with Gasteiger partial charge in [-0.2, -0.15) is 0 Å². The highest BCUT2D eigenvalue weighted by atomic mass is 15.1. The largest absolute Gasteiger partial charge is 0.364 e. The Balaban J connectivity index is 4.82. The van der Waals surface area contributed by atoms with Gasteiger partial charge in [0.25, 0.3) is 0 Å². The summed E-state index contributed by atoms with van der Waals surface area (Å²) in [5.41, 5.74) is 2.18. The first-order valence-electron chi connectivity index (χ1n) is 7.64. The lowest BCUT2D eigenvalue weighted by Gasteiger charge is -2.14. The van der Waals surface area contributed by atoms with Crippen LogP contribution in [0, 0.1) is 5.92 Å². The SMILES string of the molecule is C=C/C(=C\C(C)C)NC(C)/N=C(/CC)N=C(C)CCC. The lowest BCUT2D eigenvalue weighted by atomic mass is 10.2. The van der Waals surface area contributed by atoms with Crippen LogP contribution in [-0.4, -0.2) is 17.7 Å². The van der Waals surface area contributed by atoms with Gasteiger partial charge in [0, 0.05) is 17.8 Å². The Bertz CT molecular complexity index is 376. The van der Waals surface area contributed by atoms with Gasteiger partial charge in [-0.05, 0) is 32.3 Å². The van der Waals surface area contributed by atoms with Gasteiger partial charge in [-0.1, -0.05) is 46.8 Å². The van der Waals surface area contributed by atoms with E-state index < -0.39 is 0 Å². The zero-order valence-electron chi connectivity index (χ0n) is 14.0. The van der Waals surface area contributed by atoms with E-state index in [1.807, 2.05) is 13.0 Å². The molecule has 0 saturated heterocycles. The molecule has 0 fully saturated rings. The van der Waals surface area contributed by atoms with Crippen LogP contribution in [0.2, 0.25) is 0 Å². The summed E-state index contributed by atoms with van der Waals surface area (Å²) in [5.74, 6) is 1.39. The first kappa shape index (κ1) is 18.6. The molecule has 0 rings (SSSR count). The molecule has 0 aliphatic carbocycles. The van der Waals surface area contributed by atoms with Gasteiger partial charge < -0.3 is 5.32 Å². The quantitative estimate of drug-likeness (QED) is 0.389. The second-order valence-electron chi connectivity index (χ2n) is 5.39. The Morgan fingerprint density at radius 1 is 1.25 bits per heavy atom. The number of allylic oxidation sites excluding steroid dienone is 2. The fraction of sp³-hybridized carbons (Fsp3) is 0.647. The average Bonchev–Trinajstić information content (AvgIpc) is 2.36. The Morgan fingerprint density at radius 2 is 1.90 bits per heavy atom. The molecule has 0 aromatic heterocycles. The molecule has 0 aromatic rings. The van der Waals surface area contributed by atoms with Crippen molar-refractivity contribution in [2.24, 2.45) is 15.9 Å². The molecule has 1 unspecified atom stereocenters. The number of hydrogen-bond acceptors (Lipinski definition) is 2.